The van der Waals surface area contributed by atoms with Crippen molar-refractivity contribution in [3.8, 4) is 0 Å². The summed E-state index contributed by atoms with van der Waals surface area (Å²) in [7, 11) is 0. The molecular weight excluding hydrogens is 178 g/mol. The summed E-state index contributed by atoms with van der Waals surface area (Å²) in [5, 5.41) is 6.30. The fourth-order valence-electron chi connectivity index (χ4n) is 2.27. The van der Waals surface area contributed by atoms with Crippen LogP contribution in [0.4, 0.5) is 0 Å². The van der Waals surface area contributed by atoms with E-state index in [4.69, 9.17) is 0 Å². The van der Waals surface area contributed by atoms with Crippen molar-refractivity contribution in [2.75, 3.05) is 32.7 Å². The minimum Gasteiger partial charge on any atom is -0.355 e. The predicted molar refractivity (Wildman–Crippen MR) is 55.1 cm³/mol. The standard InChI is InChI=1S/C10H19N3O/c14-10-9(3-1-2-4-12-10)13-7-5-11-6-8-13/h9,11H,1-8H2,(H,12,14)/t9-/m0/s1. The minimum absolute atomic E-state index is 0.139. The molecule has 2 fully saturated rings. The van der Waals surface area contributed by atoms with Gasteiger partial charge in [0.2, 0.25) is 5.91 Å². The Morgan fingerprint density at radius 1 is 1.14 bits per heavy atom. The van der Waals surface area contributed by atoms with Crippen LogP contribution in [0.25, 0.3) is 0 Å². The van der Waals surface area contributed by atoms with Gasteiger partial charge in [0, 0.05) is 32.7 Å². The first-order valence-electron chi connectivity index (χ1n) is 5.60. The number of nitrogens with zero attached hydrogens (tertiary/aromatic N) is 1. The number of hydrogen-bond acceptors (Lipinski definition) is 3. The van der Waals surface area contributed by atoms with Crippen molar-refractivity contribution in [2.45, 2.75) is 25.3 Å². The van der Waals surface area contributed by atoms with Crippen molar-refractivity contribution in [3.63, 3.8) is 0 Å². The van der Waals surface area contributed by atoms with E-state index in [0.29, 0.717) is 0 Å². The van der Waals surface area contributed by atoms with Crippen LogP contribution in [0.1, 0.15) is 19.3 Å². The Balaban J connectivity index is 1.95. The molecule has 14 heavy (non-hydrogen) atoms. The normalized spacial score (nSPS) is 30.9. The van der Waals surface area contributed by atoms with Gasteiger partial charge in [-0.05, 0) is 19.3 Å². The van der Waals surface area contributed by atoms with E-state index in [9.17, 15) is 4.79 Å². The van der Waals surface area contributed by atoms with E-state index in [1.165, 1.54) is 6.42 Å². The molecule has 0 aromatic carbocycles. The molecule has 0 bridgehead atoms. The van der Waals surface area contributed by atoms with Crippen LogP contribution < -0.4 is 10.6 Å². The largest absolute Gasteiger partial charge is 0.355 e. The van der Waals surface area contributed by atoms with Crippen molar-refractivity contribution in [3.05, 3.63) is 0 Å². The molecule has 2 rings (SSSR count). The molecular formula is C10H19N3O. The first-order valence-corrected chi connectivity index (χ1v) is 5.60. The van der Waals surface area contributed by atoms with Gasteiger partial charge in [0.1, 0.15) is 0 Å². The minimum atomic E-state index is 0.139. The molecule has 0 saturated carbocycles. The summed E-state index contributed by atoms with van der Waals surface area (Å²) < 4.78 is 0. The number of carbonyl (C=O) groups is 1. The van der Waals surface area contributed by atoms with Gasteiger partial charge < -0.3 is 10.6 Å². The van der Waals surface area contributed by atoms with E-state index in [1.54, 1.807) is 0 Å². The van der Waals surface area contributed by atoms with Crippen LogP contribution in [0.2, 0.25) is 0 Å². The molecule has 0 spiro atoms. The van der Waals surface area contributed by atoms with E-state index in [1.807, 2.05) is 0 Å². The lowest BCUT2D eigenvalue weighted by atomic mass is 10.1. The third kappa shape index (κ3) is 2.25. The van der Waals surface area contributed by atoms with Crippen LogP contribution in [-0.4, -0.2) is 49.6 Å². The zero-order valence-corrected chi connectivity index (χ0v) is 8.59. The summed E-state index contributed by atoms with van der Waals surface area (Å²) >= 11 is 0. The lowest BCUT2D eigenvalue weighted by Gasteiger charge is -2.33. The van der Waals surface area contributed by atoms with Gasteiger partial charge in [0.05, 0.1) is 6.04 Å². The quantitative estimate of drug-likeness (QED) is 0.599. The highest BCUT2D eigenvalue weighted by molar-refractivity contribution is 5.81. The molecule has 4 nitrogen and oxygen atoms in total. The Bertz CT molecular complexity index is 202. The second kappa shape index (κ2) is 4.75. The maximum absolute atomic E-state index is 11.7. The van der Waals surface area contributed by atoms with Crippen molar-refractivity contribution in [2.24, 2.45) is 0 Å². The Morgan fingerprint density at radius 2 is 1.93 bits per heavy atom. The van der Waals surface area contributed by atoms with Gasteiger partial charge in [-0.2, -0.15) is 0 Å². The van der Waals surface area contributed by atoms with E-state index in [-0.39, 0.29) is 11.9 Å². The number of piperazine rings is 1. The number of carbonyl (C=O) groups excluding carboxylic acids is 1. The van der Waals surface area contributed by atoms with E-state index >= 15 is 0 Å². The summed E-state index contributed by atoms with van der Waals surface area (Å²) in [6, 6.07) is 0.139. The van der Waals surface area contributed by atoms with Crippen LogP contribution in [0.5, 0.6) is 0 Å². The highest BCUT2D eigenvalue weighted by Gasteiger charge is 2.27. The van der Waals surface area contributed by atoms with E-state index < -0.39 is 0 Å². The molecule has 1 amide bonds. The number of amides is 1. The lowest BCUT2D eigenvalue weighted by Crippen LogP contribution is -2.53. The average Bonchev–Trinajstić information content (AvgIpc) is 2.44. The van der Waals surface area contributed by atoms with Crippen LogP contribution in [-0.2, 0) is 4.79 Å². The van der Waals surface area contributed by atoms with Crippen molar-refractivity contribution in [1.29, 1.82) is 0 Å². The second-order valence-electron chi connectivity index (χ2n) is 4.09. The zero-order chi connectivity index (χ0) is 9.80. The molecule has 2 heterocycles. The molecule has 2 aliphatic rings. The third-order valence-corrected chi connectivity index (χ3v) is 3.10. The summed E-state index contributed by atoms with van der Waals surface area (Å²) in [6.07, 6.45) is 3.34. The molecule has 2 aliphatic heterocycles. The smallest absolute Gasteiger partial charge is 0.237 e. The average molecular weight is 197 g/mol. The van der Waals surface area contributed by atoms with Gasteiger partial charge >= 0.3 is 0 Å². The van der Waals surface area contributed by atoms with Crippen LogP contribution in [0.3, 0.4) is 0 Å². The number of rotatable bonds is 1. The summed E-state index contributed by atoms with van der Waals surface area (Å²) in [5.74, 6) is 0.240. The molecule has 0 aromatic rings. The van der Waals surface area contributed by atoms with Gasteiger partial charge in [0.15, 0.2) is 0 Å². The Kier molecular flexibility index (Phi) is 3.37. The predicted octanol–water partition coefficient (Wildman–Crippen LogP) is -0.440. The van der Waals surface area contributed by atoms with Crippen molar-refractivity contribution >= 4 is 5.91 Å². The second-order valence-corrected chi connectivity index (χ2v) is 4.09. The van der Waals surface area contributed by atoms with Gasteiger partial charge in [-0.25, -0.2) is 0 Å². The van der Waals surface area contributed by atoms with E-state index in [2.05, 4.69) is 15.5 Å². The molecule has 0 aliphatic carbocycles. The first-order chi connectivity index (χ1) is 6.88. The number of nitrogens with one attached hydrogen (secondary N) is 2. The molecule has 2 saturated heterocycles. The Labute approximate surface area is 85.0 Å². The monoisotopic (exact) mass is 197 g/mol. The molecule has 1 atom stereocenters. The van der Waals surface area contributed by atoms with Gasteiger partial charge in [-0.3, -0.25) is 9.69 Å². The van der Waals surface area contributed by atoms with Crippen molar-refractivity contribution in [1.82, 2.24) is 15.5 Å². The van der Waals surface area contributed by atoms with Crippen LogP contribution in [0.15, 0.2) is 0 Å². The zero-order valence-electron chi connectivity index (χ0n) is 8.59. The van der Waals surface area contributed by atoms with Crippen LogP contribution >= 0.6 is 0 Å². The molecule has 4 heteroatoms. The summed E-state index contributed by atoms with van der Waals surface area (Å²) in [5.41, 5.74) is 0. The third-order valence-electron chi connectivity index (χ3n) is 3.10. The number of hydrogen-bond donors (Lipinski definition) is 2. The summed E-state index contributed by atoms with van der Waals surface area (Å²) in [4.78, 5) is 14.1. The fraction of sp³-hybridized carbons (Fsp3) is 0.900. The maximum Gasteiger partial charge on any atom is 0.237 e. The lowest BCUT2D eigenvalue weighted by molar-refractivity contribution is -0.126. The molecule has 80 valence electrons. The topological polar surface area (TPSA) is 44.4 Å². The first kappa shape index (κ1) is 9.93. The fourth-order valence-corrected chi connectivity index (χ4v) is 2.27. The molecule has 0 radical (unpaired) electrons. The molecule has 2 N–H and O–H groups in total. The SMILES string of the molecule is O=C1NCCCC[C@@H]1N1CCNCC1. The molecule has 0 aromatic heterocycles. The van der Waals surface area contributed by atoms with Gasteiger partial charge in [-0.15, -0.1) is 0 Å². The summed E-state index contributed by atoms with van der Waals surface area (Å²) in [6.45, 7) is 4.92. The van der Waals surface area contributed by atoms with Crippen LogP contribution in [0, 0.1) is 0 Å². The maximum atomic E-state index is 11.7. The molecule has 0 unspecified atom stereocenters. The Morgan fingerprint density at radius 3 is 2.71 bits per heavy atom. The van der Waals surface area contributed by atoms with Gasteiger partial charge in [0.25, 0.3) is 0 Å². The Hall–Kier alpha value is -0.610. The highest BCUT2D eigenvalue weighted by Crippen LogP contribution is 2.12. The van der Waals surface area contributed by atoms with Gasteiger partial charge in [-0.1, -0.05) is 0 Å². The highest BCUT2D eigenvalue weighted by atomic mass is 16.2. The van der Waals surface area contributed by atoms with E-state index in [0.717, 1.165) is 45.6 Å². The van der Waals surface area contributed by atoms with Crippen molar-refractivity contribution < 1.29 is 4.79 Å².